The topological polar surface area (TPSA) is 70.0 Å². The van der Waals surface area contributed by atoms with E-state index in [1.54, 1.807) is 0 Å². The van der Waals surface area contributed by atoms with Gasteiger partial charge in [-0.15, -0.1) is 0 Å². The third-order valence-electron chi connectivity index (χ3n) is 5.19. The summed E-state index contributed by atoms with van der Waals surface area (Å²) in [6.45, 7) is 5.44. The second kappa shape index (κ2) is 9.60. The van der Waals surface area contributed by atoms with Gasteiger partial charge in [0.25, 0.3) is 0 Å². The van der Waals surface area contributed by atoms with E-state index in [9.17, 15) is 14.9 Å². The van der Waals surface area contributed by atoms with E-state index >= 15 is 0 Å². The number of Topliss-reactive ketones (excluding diaryl/α,β-unsaturated/α-hetero) is 2. The van der Waals surface area contributed by atoms with Crippen LogP contribution in [0.25, 0.3) is 0 Å². The minimum Gasteiger partial charge on any atom is -0.353 e. The molecule has 0 amide bonds. The molecule has 0 unspecified atom stereocenters. The fourth-order valence-corrected chi connectivity index (χ4v) is 4.61. The number of thioether (sulfide) groups is 1. The number of hydrogen-bond acceptors (Lipinski definition) is 5. The van der Waals surface area contributed by atoms with E-state index in [4.69, 9.17) is 0 Å². The van der Waals surface area contributed by atoms with Crippen molar-refractivity contribution >= 4 is 23.3 Å². The maximum absolute atomic E-state index is 12.7. The lowest BCUT2D eigenvalue weighted by atomic mass is 9.81. The second-order valence-corrected chi connectivity index (χ2v) is 8.17. The zero-order chi connectivity index (χ0) is 21.7. The van der Waals surface area contributed by atoms with Gasteiger partial charge in [0.1, 0.15) is 0 Å². The van der Waals surface area contributed by atoms with Crippen LogP contribution >= 0.6 is 11.8 Å². The predicted molar refractivity (Wildman–Crippen MR) is 121 cm³/mol. The van der Waals surface area contributed by atoms with Crippen molar-refractivity contribution in [3.63, 3.8) is 0 Å². The Labute approximate surface area is 181 Å². The van der Waals surface area contributed by atoms with Gasteiger partial charge in [0.05, 0.1) is 28.3 Å². The zero-order valence-electron chi connectivity index (χ0n) is 17.4. The van der Waals surface area contributed by atoms with Crippen molar-refractivity contribution in [1.29, 1.82) is 5.26 Å². The van der Waals surface area contributed by atoms with Crippen molar-refractivity contribution in [2.45, 2.75) is 33.1 Å². The number of allylic oxidation sites excluding steroid dienone is 3. The summed E-state index contributed by atoms with van der Waals surface area (Å²) in [5.74, 6) is -0.290. The molecule has 0 saturated carbocycles. The lowest BCUT2D eigenvalue weighted by molar-refractivity contribution is -0.113. The standard InChI is InChI=1S/C25H24N2O2S/c1-4-18-10-12-19(13-11-18)22(29)15-30-25-21(14-26)24(20-8-6-5-7-9-20)23(17(3)28)16(2)27-25/h5-13,24,27H,4,15H2,1-3H3/t24-/m1/s1. The zero-order valence-corrected chi connectivity index (χ0v) is 18.2. The van der Waals surface area contributed by atoms with Crippen molar-refractivity contribution in [3.8, 4) is 6.07 Å². The van der Waals surface area contributed by atoms with Crippen LogP contribution in [0.15, 0.2) is 76.5 Å². The highest BCUT2D eigenvalue weighted by atomic mass is 32.2. The van der Waals surface area contributed by atoms with Gasteiger partial charge in [-0.3, -0.25) is 9.59 Å². The largest absolute Gasteiger partial charge is 0.353 e. The van der Waals surface area contributed by atoms with E-state index in [0.29, 0.717) is 21.7 Å². The van der Waals surface area contributed by atoms with E-state index in [2.05, 4.69) is 18.3 Å². The average molecular weight is 417 g/mol. The normalized spacial score (nSPS) is 16.1. The molecule has 4 nitrogen and oxygen atoms in total. The summed E-state index contributed by atoms with van der Waals surface area (Å²) in [7, 11) is 0. The number of carbonyl (C=O) groups is 2. The molecule has 5 heteroatoms. The fraction of sp³-hybridized carbons (Fsp3) is 0.240. The predicted octanol–water partition coefficient (Wildman–Crippen LogP) is 5.15. The Hall–Kier alpha value is -3.10. The Bertz CT molecular complexity index is 1060. The highest BCUT2D eigenvalue weighted by Crippen LogP contribution is 2.40. The van der Waals surface area contributed by atoms with Gasteiger partial charge in [-0.2, -0.15) is 5.26 Å². The van der Waals surface area contributed by atoms with Gasteiger partial charge in [0, 0.05) is 16.8 Å². The summed E-state index contributed by atoms with van der Waals surface area (Å²) < 4.78 is 0. The summed E-state index contributed by atoms with van der Waals surface area (Å²) in [5, 5.41) is 13.8. The summed E-state index contributed by atoms with van der Waals surface area (Å²) in [5.41, 5.74) is 4.51. The maximum atomic E-state index is 12.7. The van der Waals surface area contributed by atoms with Gasteiger partial charge in [0.15, 0.2) is 11.6 Å². The van der Waals surface area contributed by atoms with Crippen LogP contribution in [0.2, 0.25) is 0 Å². The molecule has 0 saturated heterocycles. The number of ketones is 2. The van der Waals surface area contributed by atoms with Crippen LogP contribution in [0.4, 0.5) is 0 Å². The summed E-state index contributed by atoms with van der Waals surface area (Å²) >= 11 is 1.31. The number of hydrogen-bond donors (Lipinski definition) is 1. The van der Waals surface area contributed by atoms with E-state index < -0.39 is 5.92 Å². The molecule has 0 aliphatic carbocycles. The van der Waals surface area contributed by atoms with E-state index in [1.807, 2.05) is 61.5 Å². The number of benzene rings is 2. The summed E-state index contributed by atoms with van der Waals surface area (Å²) in [4.78, 5) is 25.0. The minimum absolute atomic E-state index is 0.00417. The highest BCUT2D eigenvalue weighted by molar-refractivity contribution is 8.03. The van der Waals surface area contributed by atoms with Gasteiger partial charge in [-0.1, -0.05) is 73.3 Å². The third kappa shape index (κ3) is 4.55. The molecule has 2 aromatic rings. The van der Waals surface area contributed by atoms with Crippen molar-refractivity contribution in [2.75, 3.05) is 5.75 Å². The second-order valence-electron chi connectivity index (χ2n) is 7.18. The van der Waals surface area contributed by atoms with Crippen LogP contribution < -0.4 is 5.32 Å². The lowest BCUT2D eigenvalue weighted by Gasteiger charge is -2.29. The van der Waals surface area contributed by atoms with Crippen LogP contribution in [0.1, 0.15) is 48.2 Å². The Morgan fingerprint density at radius 1 is 1.10 bits per heavy atom. The molecule has 3 rings (SSSR count). The monoisotopic (exact) mass is 416 g/mol. The number of carbonyl (C=O) groups excluding carboxylic acids is 2. The van der Waals surface area contributed by atoms with Gasteiger partial charge < -0.3 is 5.32 Å². The van der Waals surface area contributed by atoms with Crippen LogP contribution in [0.5, 0.6) is 0 Å². The van der Waals surface area contributed by atoms with Crippen LogP contribution in [-0.4, -0.2) is 17.3 Å². The number of nitrogens with zero attached hydrogens (tertiary/aromatic N) is 1. The van der Waals surface area contributed by atoms with E-state index in [0.717, 1.165) is 17.7 Å². The first-order valence-electron chi connectivity index (χ1n) is 9.89. The van der Waals surface area contributed by atoms with Gasteiger partial charge in [-0.05, 0) is 31.4 Å². The SMILES string of the molecule is CCc1ccc(C(=O)CSC2=C(C#N)[C@@H](c3ccccc3)C(C(C)=O)=C(C)N2)cc1. The first kappa shape index (κ1) is 21.6. The van der Waals surface area contributed by atoms with Gasteiger partial charge in [-0.25, -0.2) is 0 Å². The molecule has 0 bridgehead atoms. The number of aryl methyl sites for hydroxylation is 1. The summed E-state index contributed by atoms with van der Waals surface area (Å²) in [6.07, 6.45) is 0.927. The van der Waals surface area contributed by atoms with Crippen LogP contribution in [-0.2, 0) is 11.2 Å². The van der Waals surface area contributed by atoms with E-state index in [-0.39, 0.29) is 17.3 Å². The molecule has 0 radical (unpaired) electrons. The Morgan fingerprint density at radius 2 is 1.77 bits per heavy atom. The third-order valence-corrected chi connectivity index (χ3v) is 6.21. The van der Waals surface area contributed by atoms with Crippen LogP contribution in [0, 0.1) is 11.3 Å². The Morgan fingerprint density at radius 3 is 2.33 bits per heavy atom. The molecule has 0 fully saturated rings. The maximum Gasteiger partial charge on any atom is 0.173 e. The van der Waals surface area contributed by atoms with E-state index in [1.165, 1.54) is 24.2 Å². The van der Waals surface area contributed by atoms with Crippen molar-refractivity contribution in [3.05, 3.63) is 93.2 Å². The number of nitriles is 1. The molecule has 2 aromatic carbocycles. The van der Waals surface area contributed by atoms with Gasteiger partial charge in [0.2, 0.25) is 0 Å². The highest BCUT2D eigenvalue weighted by Gasteiger charge is 2.33. The molecule has 152 valence electrons. The molecule has 0 aromatic heterocycles. The van der Waals surface area contributed by atoms with Crippen molar-refractivity contribution in [1.82, 2.24) is 5.32 Å². The molecule has 1 aliphatic heterocycles. The molecule has 30 heavy (non-hydrogen) atoms. The lowest BCUT2D eigenvalue weighted by Crippen LogP contribution is -2.27. The summed E-state index contributed by atoms with van der Waals surface area (Å²) in [6, 6.07) is 19.5. The van der Waals surface area contributed by atoms with Crippen LogP contribution in [0.3, 0.4) is 0 Å². The van der Waals surface area contributed by atoms with Crippen molar-refractivity contribution in [2.24, 2.45) is 0 Å². The minimum atomic E-state index is -0.434. The number of rotatable bonds is 7. The quantitative estimate of drug-likeness (QED) is 0.632. The van der Waals surface area contributed by atoms with Gasteiger partial charge >= 0.3 is 0 Å². The fourth-order valence-electron chi connectivity index (χ4n) is 3.62. The molecule has 1 aliphatic rings. The molecule has 1 heterocycles. The average Bonchev–Trinajstić information content (AvgIpc) is 2.77. The number of dihydropyridines is 1. The first-order chi connectivity index (χ1) is 14.5. The number of nitrogens with one attached hydrogen (secondary N) is 1. The first-order valence-corrected chi connectivity index (χ1v) is 10.9. The molecular weight excluding hydrogens is 392 g/mol. The Balaban J connectivity index is 1.90. The molecule has 0 spiro atoms. The molecule has 1 atom stereocenters. The molecular formula is C25H24N2O2S. The smallest absolute Gasteiger partial charge is 0.173 e. The molecule has 1 N–H and O–H groups in total. The van der Waals surface area contributed by atoms with Crippen molar-refractivity contribution < 1.29 is 9.59 Å². The Kier molecular flexibility index (Phi) is 6.91.